The molecule has 0 bridgehead atoms. The van der Waals surface area contributed by atoms with Gasteiger partial charge in [-0.2, -0.15) is 4.31 Å². The molecule has 0 aromatic heterocycles. The van der Waals surface area contributed by atoms with Crippen molar-refractivity contribution >= 4 is 10.0 Å². The Balaban J connectivity index is 3.18. The van der Waals surface area contributed by atoms with E-state index in [4.69, 9.17) is 5.73 Å². The molecule has 0 aliphatic carbocycles. The van der Waals surface area contributed by atoms with Crippen LogP contribution in [0, 0.1) is 17.7 Å². The van der Waals surface area contributed by atoms with E-state index >= 15 is 0 Å². The molecule has 0 saturated carbocycles. The van der Waals surface area contributed by atoms with Crippen LogP contribution in [0.25, 0.3) is 0 Å². The van der Waals surface area contributed by atoms with Crippen LogP contribution in [0.4, 0.5) is 4.39 Å². The highest BCUT2D eigenvalue weighted by Gasteiger charge is 2.25. The van der Waals surface area contributed by atoms with Crippen molar-refractivity contribution in [2.24, 2.45) is 5.73 Å². The van der Waals surface area contributed by atoms with E-state index in [-0.39, 0.29) is 23.0 Å². The Hall–Kier alpha value is -1.42. The van der Waals surface area contributed by atoms with Crippen LogP contribution >= 0.6 is 0 Å². The molecule has 1 atom stereocenters. The van der Waals surface area contributed by atoms with Gasteiger partial charge < -0.3 is 5.73 Å². The summed E-state index contributed by atoms with van der Waals surface area (Å²) in [5.41, 5.74) is 5.35. The second kappa shape index (κ2) is 6.84. The van der Waals surface area contributed by atoms with Gasteiger partial charge in [-0.15, -0.1) is 0 Å². The van der Waals surface area contributed by atoms with Gasteiger partial charge in [0, 0.05) is 13.1 Å². The van der Waals surface area contributed by atoms with Crippen LogP contribution in [0.2, 0.25) is 0 Å². The van der Waals surface area contributed by atoms with Gasteiger partial charge in [-0.1, -0.05) is 18.8 Å². The highest BCUT2D eigenvalue weighted by Crippen LogP contribution is 2.20. The van der Waals surface area contributed by atoms with Crippen molar-refractivity contribution in [3.63, 3.8) is 0 Å². The predicted octanol–water partition coefficient (Wildman–Crippen LogP) is 1.55. The largest absolute Gasteiger partial charge is 0.320 e. The molecular weight excluding hydrogens is 279 g/mol. The van der Waals surface area contributed by atoms with Crippen LogP contribution in [0.3, 0.4) is 0 Å². The summed E-state index contributed by atoms with van der Waals surface area (Å²) < 4.78 is 39.7. The third kappa shape index (κ3) is 3.57. The average Bonchev–Trinajstić information content (AvgIpc) is 2.44. The fourth-order valence-corrected chi connectivity index (χ4v) is 3.01. The number of hydrogen-bond donors (Lipinski definition) is 1. The first-order valence-corrected chi connectivity index (χ1v) is 7.75. The second-order valence-electron chi connectivity index (χ2n) is 4.43. The van der Waals surface area contributed by atoms with E-state index in [9.17, 15) is 12.8 Å². The van der Waals surface area contributed by atoms with Crippen molar-refractivity contribution in [3.05, 3.63) is 29.6 Å². The van der Waals surface area contributed by atoms with E-state index < -0.39 is 15.8 Å². The lowest BCUT2D eigenvalue weighted by Gasteiger charge is -2.23. The molecule has 0 amide bonds. The zero-order valence-electron chi connectivity index (χ0n) is 11.9. The van der Waals surface area contributed by atoms with Crippen LogP contribution in [0.15, 0.2) is 23.1 Å². The minimum Gasteiger partial charge on any atom is -0.320 e. The lowest BCUT2D eigenvalue weighted by Crippen LogP contribution is -2.34. The monoisotopic (exact) mass is 298 g/mol. The van der Waals surface area contributed by atoms with Gasteiger partial charge in [0.2, 0.25) is 10.0 Å². The van der Waals surface area contributed by atoms with Crippen molar-refractivity contribution in [2.75, 3.05) is 13.6 Å². The van der Waals surface area contributed by atoms with Crippen LogP contribution < -0.4 is 5.73 Å². The Morgan fingerprint density at radius 2 is 2.10 bits per heavy atom. The molecule has 1 aromatic rings. The van der Waals surface area contributed by atoms with E-state index in [1.54, 1.807) is 6.92 Å². The van der Waals surface area contributed by atoms with Crippen LogP contribution in [-0.2, 0) is 10.0 Å². The quantitative estimate of drug-likeness (QED) is 0.858. The van der Waals surface area contributed by atoms with Gasteiger partial charge in [0.15, 0.2) is 0 Å². The minimum atomic E-state index is -3.69. The SMILES string of the molecule is CCC(C)N(C)S(=O)(=O)c1ccc(C#CCN)c(F)c1. The Bertz CT molecular complexity index is 632. The molecule has 0 fully saturated rings. The number of hydrogen-bond acceptors (Lipinski definition) is 3. The van der Waals surface area contributed by atoms with Crippen molar-refractivity contribution in [1.29, 1.82) is 0 Å². The molecule has 110 valence electrons. The summed E-state index contributed by atoms with van der Waals surface area (Å²) in [6.45, 7) is 3.81. The molecule has 0 saturated heterocycles. The van der Waals surface area contributed by atoms with E-state index in [0.29, 0.717) is 6.42 Å². The Morgan fingerprint density at radius 3 is 2.60 bits per heavy atom. The van der Waals surface area contributed by atoms with Gasteiger partial charge >= 0.3 is 0 Å². The van der Waals surface area contributed by atoms with Gasteiger partial charge in [-0.25, -0.2) is 12.8 Å². The van der Waals surface area contributed by atoms with E-state index in [0.717, 1.165) is 6.07 Å². The molecule has 2 N–H and O–H groups in total. The molecule has 1 aromatic carbocycles. The number of halogens is 1. The number of rotatable bonds is 4. The summed E-state index contributed by atoms with van der Waals surface area (Å²) in [5, 5.41) is 0. The number of nitrogens with zero attached hydrogens (tertiary/aromatic N) is 1. The lowest BCUT2D eigenvalue weighted by atomic mass is 10.2. The fourth-order valence-electron chi connectivity index (χ4n) is 1.56. The first kappa shape index (κ1) is 16.6. The topological polar surface area (TPSA) is 63.4 Å². The highest BCUT2D eigenvalue weighted by molar-refractivity contribution is 7.89. The summed E-state index contributed by atoms with van der Waals surface area (Å²) in [4.78, 5) is -0.0731. The maximum Gasteiger partial charge on any atom is 0.243 e. The van der Waals surface area contributed by atoms with Gasteiger partial charge in [-0.05, 0) is 31.5 Å². The summed E-state index contributed by atoms with van der Waals surface area (Å²) in [6, 6.07) is 3.56. The van der Waals surface area contributed by atoms with Gasteiger partial charge in [0.1, 0.15) is 5.82 Å². The molecular formula is C14H19FN2O2S. The standard InChI is InChI=1S/C14H19FN2O2S/c1-4-11(2)17(3)20(18,19)13-8-7-12(6-5-9-16)14(15)10-13/h7-8,10-11H,4,9,16H2,1-3H3. The summed E-state index contributed by atoms with van der Waals surface area (Å²) in [5.74, 6) is 4.43. The summed E-state index contributed by atoms with van der Waals surface area (Å²) in [6.07, 6.45) is 0.679. The molecule has 20 heavy (non-hydrogen) atoms. The molecule has 0 aliphatic rings. The van der Waals surface area contributed by atoms with Crippen molar-refractivity contribution < 1.29 is 12.8 Å². The van der Waals surface area contributed by atoms with Gasteiger partial charge in [0.05, 0.1) is 17.0 Å². The molecule has 0 aliphatic heterocycles. The lowest BCUT2D eigenvalue weighted by molar-refractivity contribution is 0.380. The van der Waals surface area contributed by atoms with Gasteiger partial charge in [0.25, 0.3) is 0 Å². The molecule has 1 unspecified atom stereocenters. The van der Waals surface area contributed by atoms with Crippen LogP contribution in [-0.4, -0.2) is 32.4 Å². The fraction of sp³-hybridized carbons (Fsp3) is 0.429. The first-order chi connectivity index (χ1) is 9.34. The predicted molar refractivity (Wildman–Crippen MR) is 77.0 cm³/mol. The van der Waals surface area contributed by atoms with E-state index in [1.807, 2.05) is 6.92 Å². The Kier molecular flexibility index (Phi) is 5.69. The minimum absolute atomic E-state index is 0.0731. The number of sulfonamides is 1. The number of benzene rings is 1. The second-order valence-corrected chi connectivity index (χ2v) is 6.42. The maximum absolute atomic E-state index is 13.8. The van der Waals surface area contributed by atoms with E-state index in [2.05, 4.69) is 11.8 Å². The molecule has 4 nitrogen and oxygen atoms in total. The summed E-state index contributed by atoms with van der Waals surface area (Å²) >= 11 is 0. The zero-order chi connectivity index (χ0) is 15.3. The smallest absolute Gasteiger partial charge is 0.243 e. The van der Waals surface area contributed by atoms with Crippen LogP contribution in [0.1, 0.15) is 25.8 Å². The highest BCUT2D eigenvalue weighted by atomic mass is 32.2. The van der Waals surface area contributed by atoms with E-state index in [1.165, 1.54) is 23.5 Å². The third-order valence-corrected chi connectivity index (χ3v) is 5.12. The van der Waals surface area contributed by atoms with Crippen LogP contribution in [0.5, 0.6) is 0 Å². The zero-order valence-corrected chi connectivity index (χ0v) is 12.7. The molecule has 0 heterocycles. The molecule has 1 rings (SSSR count). The maximum atomic E-state index is 13.8. The Morgan fingerprint density at radius 1 is 1.45 bits per heavy atom. The Labute approximate surface area is 119 Å². The third-order valence-electron chi connectivity index (χ3n) is 3.15. The van der Waals surface area contributed by atoms with Crippen molar-refractivity contribution in [2.45, 2.75) is 31.2 Å². The first-order valence-electron chi connectivity index (χ1n) is 6.31. The number of nitrogens with two attached hydrogens (primary N) is 1. The molecule has 0 spiro atoms. The normalized spacial score (nSPS) is 12.9. The average molecular weight is 298 g/mol. The molecule has 0 radical (unpaired) electrons. The van der Waals surface area contributed by atoms with Gasteiger partial charge in [-0.3, -0.25) is 0 Å². The molecule has 6 heteroatoms. The van der Waals surface area contributed by atoms with Crippen molar-refractivity contribution in [3.8, 4) is 11.8 Å². The summed E-state index contributed by atoms with van der Waals surface area (Å²) in [7, 11) is -2.20. The van der Waals surface area contributed by atoms with Crippen molar-refractivity contribution in [1.82, 2.24) is 4.31 Å².